The standard InChI is InChI=1S/C39H43ClN4O7S/c1-27-14-17-30(18-15-27)25-42(36(22-29-10-6-4-7-11-29)39(46)41-32-12-8-5-9-13-32)38(45)26-43(35-23-31(40)19-21-37(35)51-3)52(49,50)33-20-16-28(2)34(24-33)44(47)48/h4,6-7,10-11,14-21,23-24,32,36H,5,8-9,12-13,22,25-26H2,1-3H3,(H,41,46)/t36-/m0/s1. The van der Waals surface area contributed by atoms with Crippen molar-refractivity contribution in [1.29, 1.82) is 0 Å². The Labute approximate surface area is 309 Å². The molecule has 13 heteroatoms. The summed E-state index contributed by atoms with van der Waals surface area (Å²) >= 11 is 6.38. The number of halogens is 1. The summed E-state index contributed by atoms with van der Waals surface area (Å²) in [6.45, 7) is 2.68. The van der Waals surface area contributed by atoms with Crippen LogP contribution >= 0.6 is 11.6 Å². The van der Waals surface area contributed by atoms with Gasteiger partial charge >= 0.3 is 0 Å². The van der Waals surface area contributed by atoms with Crippen LogP contribution in [0.2, 0.25) is 5.02 Å². The number of ether oxygens (including phenoxy) is 1. The third-order valence-electron chi connectivity index (χ3n) is 9.35. The molecule has 0 radical (unpaired) electrons. The first-order chi connectivity index (χ1) is 24.9. The summed E-state index contributed by atoms with van der Waals surface area (Å²) in [5.41, 5.74) is 2.40. The van der Waals surface area contributed by atoms with Gasteiger partial charge < -0.3 is 15.0 Å². The molecule has 11 nitrogen and oxygen atoms in total. The van der Waals surface area contributed by atoms with Crippen molar-refractivity contribution in [1.82, 2.24) is 10.2 Å². The Morgan fingerprint density at radius 1 is 0.942 bits per heavy atom. The molecule has 1 N–H and O–H groups in total. The molecule has 4 aromatic carbocycles. The molecule has 274 valence electrons. The van der Waals surface area contributed by atoms with Crippen LogP contribution in [0.5, 0.6) is 5.75 Å². The molecule has 0 aromatic heterocycles. The second kappa shape index (κ2) is 17.1. The highest BCUT2D eigenvalue weighted by Gasteiger charge is 2.37. The maximum absolute atomic E-state index is 14.9. The minimum atomic E-state index is -4.67. The number of nitro groups is 1. The van der Waals surface area contributed by atoms with Gasteiger partial charge in [-0.15, -0.1) is 0 Å². The van der Waals surface area contributed by atoms with Crippen molar-refractivity contribution in [3.63, 3.8) is 0 Å². The number of aryl methyl sites for hydroxylation is 2. The normalized spacial score (nSPS) is 13.9. The lowest BCUT2D eigenvalue weighted by atomic mass is 9.94. The highest BCUT2D eigenvalue weighted by molar-refractivity contribution is 7.92. The van der Waals surface area contributed by atoms with Crippen LogP contribution < -0.4 is 14.4 Å². The van der Waals surface area contributed by atoms with E-state index in [9.17, 15) is 28.1 Å². The summed E-state index contributed by atoms with van der Waals surface area (Å²) in [6.07, 6.45) is 4.92. The van der Waals surface area contributed by atoms with Gasteiger partial charge in [0.1, 0.15) is 18.3 Å². The number of hydrogen-bond donors (Lipinski definition) is 1. The number of methoxy groups -OCH3 is 1. The molecular formula is C39H43ClN4O7S. The minimum absolute atomic E-state index is 0.00523. The summed E-state index contributed by atoms with van der Waals surface area (Å²) in [7, 11) is -3.32. The zero-order valence-electron chi connectivity index (χ0n) is 29.5. The summed E-state index contributed by atoms with van der Waals surface area (Å²) < 4.78 is 35.5. The number of sulfonamides is 1. The van der Waals surface area contributed by atoms with Crippen molar-refractivity contribution in [3.8, 4) is 5.75 Å². The van der Waals surface area contributed by atoms with Gasteiger partial charge in [-0.05, 0) is 62.1 Å². The van der Waals surface area contributed by atoms with Crippen LogP contribution in [0, 0.1) is 24.0 Å². The van der Waals surface area contributed by atoms with E-state index >= 15 is 0 Å². The van der Waals surface area contributed by atoms with Crippen LogP contribution in [0.1, 0.15) is 54.4 Å². The average molecular weight is 747 g/mol. The molecule has 1 atom stereocenters. The van der Waals surface area contributed by atoms with Crippen LogP contribution in [-0.4, -0.2) is 55.8 Å². The number of nitrogens with one attached hydrogen (secondary N) is 1. The molecule has 52 heavy (non-hydrogen) atoms. The lowest BCUT2D eigenvalue weighted by molar-refractivity contribution is -0.385. The molecule has 0 saturated heterocycles. The fraction of sp³-hybridized carbons (Fsp3) is 0.333. The topological polar surface area (TPSA) is 139 Å². The van der Waals surface area contributed by atoms with Crippen LogP contribution in [0.3, 0.4) is 0 Å². The van der Waals surface area contributed by atoms with Crippen molar-refractivity contribution in [3.05, 3.63) is 128 Å². The predicted octanol–water partition coefficient (Wildman–Crippen LogP) is 7.16. The monoisotopic (exact) mass is 746 g/mol. The number of hydrogen-bond acceptors (Lipinski definition) is 7. The minimum Gasteiger partial charge on any atom is -0.495 e. The summed E-state index contributed by atoms with van der Waals surface area (Å²) in [5.74, 6) is -0.906. The Hall–Kier alpha value is -4.94. The van der Waals surface area contributed by atoms with Gasteiger partial charge in [0, 0.05) is 35.7 Å². The largest absolute Gasteiger partial charge is 0.495 e. The fourth-order valence-corrected chi connectivity index (χ4v) is 8.04. The molecule has 0 bridgehead atoms. The number of anilines is 1. The van der Waals surface area contributed by atoms with E-state index in [2.05, 4.69) is 5.32 Å². The van der Waals surface area contributed by atoms with Gasteiger partial charge in [0.05, 0.1) is 22.6 Å². The molecule has 0 unspecified atom stereocenters. The van der Waals surface area contributed by atoms with E-state index in [1.165, 1.54) is 49.3 Å². The molecule has 0 heterocycles. The van der Waals surface area contributed by atoms with Crippen LogP contribution in [-0.2, 0) is 32.6 Å². The van der Waals surface area contributed by atoms with Gasteiger partial charge in [-0.3, -0.25) is 24.0 Å². The number of rotatable bonds is 14. The van der Waals surface area contributed by atoms with E-state index in [-0.39, 0.29) is 46.9 Å². The fourth-order valence-electron chi connectivity index (χ4n) is 6.43. The highest BCUT2D eigenvalue weighted by atomic mass is 35.5. The third-order valence-corrected chi connectivity index (χ3v) is 11.3. The van der Waals surface area contributed by atoms with Gasteiger partial charge in [0.15, 0.2) is 0 Å². The van der Waals surface area contributed by atoms with E-state index < -0.39 is 44.0 Å². The van der Waals surface area contributed by atoms with Crippen molar-refractivity contribution in [2.45, 2.75) is 75.9 Å². The first-order valence-corrected chi connectivity index (χ1v) is 19.0. The van der Waals surface area contributed by atoms with Gasteiger partial charge in [0.25, 0.3) is 15.7 Å². The zero-order chi connectivity index (χ0) is 37.4. The molecule has 5 rings (SSSR count). The molecule has 1 aliphatic rings. The van der Waals surface area contributed by atoms with Gasteiger partial charge in [-0.1, -0.05) is 97.1 Å². The first-order valence-electron chi connectivity index (χ1n) is 17.2. The summed E-state index contributed by atoms with van der Waals surface area (Å²) in [5, 5.41) is 15.2. The van der Waals surface area contributed by atoms with Crippen molar-refractivity contribution >= 4 is 44.8 Å². The van der Waals surface area contributed by atoms with Crippen molar-refractivity contribution in [2.75, 3.05) is 18.0 Å². The lowest BCUT2D eigenvalue weighted by Crippen LogP contribution is -2.55. The number of carbonyl (C=O) groups excluding carboxylic acids is 2. The predicted molar refractivity (Wildman–Crippen MR) is 201 cm³/mol. The van der Waals surface area contributed by atoms with Crippen LogP contribution in [0.25, 0.3) is 0 Å². The number of nitro benzene ring substituents is 1. The van der Waals surface area contributed by atoms with Crippen LogP contribution in [0.15, 0.2) is 95.9 Å². The smallest absolute Gasteiger partial charge is 0.273 e. The van der Waals surface area contributed by atoms with E-state index in [1.54, 1.807) is 0 Å². The van der Waals surface area contributed by atoms with E-state index in [1.807, 2.05) is 61.5 Å². The second-order valence-corrected chi connectivity index (χ2v) is 15.4. The van der Waals surface area contributed by atoms with Gasteiger partial charge in [-0.2, -0.15) is 0 Å². The Morgan fingerprint density at radius 3 is 2.29 bits per heavy atom. The number of nitrogens with zero attached hydrogens (tertiary/aromatic N) is 3. The average Bonchev–Trinajstić information content (AvgIpc) is 3.13. The first kappa shape index (κ1) is 38.3. The Balaban J connectivity index is 1.63. The van der Waals surface area contributed by atoms with E-state index in [4.69, 9.17) is 16.3 Å². The Bertz CT molecular complexity index is 2000. The van der Waals surface area contributed by atoms with Crippen molar-refractivity contribution < 1.29 is 27.7 Å². The zero-order valence-corrected chi connectivity index (χ0v) is 31.0. The maximum atomic E-state index is 14.9. The van der Waals surface area contributed by atoms with Gasteiger partial charge in [-0.25, -0.2) is 8.42 Å². The Morgan fingerprint density at radius 2 is 1.63 bits per heavy atom. The molecule has 1 saturated carbocycles. The highest BCUT2D eigenvalue weighted by Crippen LogP contribution is 2.36. The lowest BCUT2D eigenvalue weighted by Gasteiger charge is -2.35. The summed E-state index contributed by atoms with van der Waals surface area (Å²) in [6, 6.07) is 23.8. The molecular weight excluding hydrogens is 704 g/mol. The van der Waals surface area contributed by atoms with Crippen LogP contribution in [0.4, 0.5) is 11.4 Å². The van der Waals surface area contributed by atoms with E-state index in [0.717, 1.165) is 59.2 Å². The number of carbonyl (C=O) groups is 2. The molecule has 4 aromatic rings. The van der Waals surface area contributed by atoms with Gasteiger partial charge in [0.2, 0.25) is 11.8 Å². The third kappa shape index (κ3) is 9.29. The van der Waals surface area contributed by atoms with E-state index in [0.29, 0.717) is 0 Å². The molecule has 2 amide bonds. The maximum Gasteiger partial charge on any atom is 0.273 e. The Kier molecular flexibility index (Phi) is 12.6. The SMILES string of the molecule is COc1ccc(Cl)cc1N(CC(=O)N(Cc1ccc(C)cc1)[C@@H](Cc1ccccc1)C(=O)NC1CCCCC1)S(=O)(=O)c1ccc(C)c([N+](=O)[O-])c1. The molecule has 0 spiro atoms. The number of amides is 2. The molecule has 1 aliphatic carbocycles. The second-order valence-electron chi connectivity index (χ2n) is 13.1. The summed E-state index contributed by atoms with van der Waals surface area (Å²) in [4.78, 5) is 41.4. The quantitative estimate of drug-likeness (QED) is 0.107. The number of benzene rings is 4. The van der Waals surface area contributed by atoms with Crippen molar-refractivity contribution in [2.24, 2.45) is 0 Å². The molecule has 1 fully saturated rings. The molecule has 0 aliphatic heterocycles.